The Morgan fingerprint density at radius 1 is 1.21 bits per heavy atom. The van der Waals surface area contributed by atoms with Crippen molar-refractivity contribution in [1.29, 1.82) is 0 Å². The van der Waals surface area contributed by atoms with Crippen LogP contribution >= 0.6 is 27.5 Å². The molecular weight excluding hydrogens is 331 g/mol. The van der Waals surface area contributed by atoms with Gasteiger partial charge in [-0.2, -0.15) is 0 Å². The average Bonchev–Trinajstić information content (AvgIpc) is 2.41. The van der Waals surface area contributed by atoms with E-state index in [-0.39, 0.29) is 17.5 Å². The lowest BCUT2D eigenvalue weighted by atomic mass is 9.93. The highest BCUT2D eigenvalue weighted by Crippen LogP contribution is 2.28. The summed E-state index contributed by atoms with van der Waals surface area (Å²) in [5, 5.41) is 9.66. The van der Waals surface area contributed by atoms with E-state index >= 15 is 0 Å². The Morgan fingerprint density at radius 3 is 2.58 bits per heavy atom. The second kappa shape index (κ2) is 6.51. The Hall–Kier alpha value is -0.900. The van der Waals surface area contributed by atoms with Crippen molar-refractivity contribution in [3.05, 3.63) is 68.9 Å². The first-order valence-electron chi connectivity index (χ1n) is 5.91. The van der Waals surface area contributed by atoms with Gasteiger partial charge in [0.05, 0.1) is 11.6 Å². The minimum atomic E-state index is -0.428. The number of halogens is 3. The normalized spacial score (nSPS) is 12.4. The van der Waals surface area contributed by atoms with Gasteiger partial charge in [0.15, 0.2) is 0 Å². The minimum Gasteiger partial charge on any atom is -0.396 e. The van der Waals surface area contributed by atoms with E-state index < -0.39 is 5.82 Å². The third-order valence-corrected chi connectivity index (χ3v) is 4.06. The molecule has 0 amide bonds. The molecule has 0 bridgehead atoms. The summed E-state index contributed by atoms with van der Waals surface area (Å²) in [5.74, 6) is -0.501. The summed E-state index contributed by atoms with van der Waals surface area (Å²) in [6.45, 7) is 0.00680. The van der Waals surface area contributed by atoms with Gasteiger partial charge in [0.1, 0.15) is 5.82 Å². The third kappa shape index (κ3) is 3.56. The van der Waals surface area contributed by atoms with E-state index in [9.17, 15) is 9.50 Å². The van der Waals surface area contributed by atoms with Gasteiger partial charge in [-0.05, 0) is 35.7 Å². The van der Waals surface area contributed by atoms with E-state index in [4.69, 9.17) is 11.6 Å². The van der Waals surface area contributed by atoms with E-state index in [1.54, 1.807) is 12.1 Å². The van der Waals surface area contributed by atoms with Crippen molar-refractivity contribution in [1.82, 2.24) is 0 Å². The molecule has 0 aliphatic rings. The van der Waals surface area contributed by atoms with Gasteiger partial charge >= 0.3 is 0 Å². The summed E-state index contributed by atoms with van der Waals surface area (Å²) in [4.78, 5) is 0. The maximum Gasteiger partial charge on any atom is 0.142 e. The maximum atomic E-state index is 13.4. The quantitative estimate of drug-likeness (QED) is 0.863. The Morgan fingerprint density at radius 2 is 1.95 bits per heavy atom. The molecule has 0 fully saturated rings. The Bertz CT molecular complexity index is 574. The highest BCUT2D eigenvalue weighted by Gasteiger charge is 2.14. The third-order valence-electron chi connectivity index (χ3n) is 3.03. The van der Waals surface area contributed by atoms with Gasteiger partial charge in [-0.25, -0.2) is 4.39 Å². The van der Waals surface area contributed by atoms with E-state index in [1.165, 1.54) is 6.07 Å². The van der Waals surface area contributed by atoms with Gasteiger partial charge in [0.2, 0.25) is 0 Å². The number of aliphatic hydroxyl groups excluding tert-OH is 1. The fraction of sp³-hybridized carbons (Fsp3) is 0.200. The molecule has 2 rings (SSSR count). The lowest BCUT2D eigenvalue weighted by Gasteiger charge is -2.16. The first-order valence-corrected chi connectivity index (χ1v) is 7.08. The highest BCUT2D eigenvalue weighted by molar-refractivity contribution is 9.10. The molecule has 4 heteroatoms. The molecule has 0 saturated carbocycles. The van der Waals surface area contributed by atoms with Crippen LogP contribution in [0.5, 0.6) is 0 Å². The van der Waals surface area contributed by atoms with Crippen molar-refractivity contribution in [2.24, 2.45) is 0 Å². The summed E-state index contributed by atoms with van der Waals surface area (Å²) in [6.07, 6.45) is 0.563. The smallest absolute Gasteiger partial charge is 0.142 e. The monoisotopic (exact) mass is 342 g/mol. The first-order chi connectivity index (χ1) is 9.11. The molecule has 2 aromatic carbocycles. The van der Waals surface area contributed by atoms with E-state index in [0.29, 0.717) is 6.42 Å². The van der Waals surface area contributed by atoms with Gasteiger partial charge in [-0.3, -0.25) is 0 Å². The fourth-order valence-corrected chi connectivity index (χ4v) is 2.76. The van der Waals surface area contributed by atoms with Crippen LogP contribution in [0.25, 0.3) is 0 Å². The van der Waals surface area contributed by atoms with E-state index in [2.05, 4.69) is 15.9 Å². The summed E-state index contributed by atoms with van der Waals surface area (Å²) in [6, 6.07) is 12.5. The zero-order valence-corrected chi connectivity index (χ0v) is 12.5. The zero-order chi connectivity index (χ0) is 13.8. The standard InChI is InChI=1S/C15H13BrClFO/c16-13-4-2-1-3-12(13)11(9-19)7-10-5-6-14(17)15(18)8-10/h1-6,8,11,19H,7,9H2. The summed E-state index contributed by atoms with van der Waals surface area (Å²) in [7, 11) is 0. The van der Waals surface area contributed by atoms with Crippen LogP contribution in [0.3, 0.4) is 0 Å². The fourth-order valence-electron chi connectivity index (χ4n) is 2.03. The molecule has 0 aliphatic carbocycles. The van der Waals surface area contributed by atoms with Crippen LogP contribution in [0.4, 0.5) is 4.39 Å². The maximum absolute atomic E-state index is 13.4. The van der Waals surface area contributed by atoms with E-state index in [1.807, 2.05) is 24.3 Å². The van der Waals surface area contributed by atoms with Crippen LogP contribution in [0.2, 0.25) is 5.02 Å². The largest absolute Gasteiger partial charge is 0.396 e. The molecule has 1 N–H and O–H groups in total. The molecule has 0 aromatic heterocycles. The summed E-state index contributed by atoms with van der Waals surface area (Å²) >= 11 is 9.13. The molecule has 1 unspecified atom stereocenters. The molecule has 100 valence electrons. The lowest BCUT2D eigenvalue weighted by molar-refractivity contribution is 0.264. The zero-order valence-electron chi connectivity index (χ0n) is 10.1. The second-order valence-corrected chi connectivity index (χ2v) is 5.62. The van der Waals surface area contributed by atoms with Crippen molar-refractivity contribution < 1.29 is 9.50 Å². The van der Waals surface area contributed by atoms with Crippen molar-refractivity contribution >= 4 is 27.5 Å². The number of aliphatic hydroxyl groups is 1. The average molecular weight is 344 g/mol. The van der Waals surface area contributed by atoms with Crippen molar-refractivity contribution in [3.8, 4) is 0 Å². The molecule has 1 atom stereocenters. The highest BCUT2D eigenvalue weighted by atomic mass is 79.9. The molecule has 0 saturated heterocycles. The molecule has 1 nitrogen and oxygen atoms in total. The molecular formula is C15H13BrClFO. The van der Waals surface area contributed by atoms with E-state index in [0.717, 1.165) is 15.6 Å². The molecule has 0 aliphatic heterocycles. The van der Waals surface area contributed by atoms with Gasteiger partial charge in [-0.15, -0.1) is 0 Å². The van der Waals surface area contributed by atoms with Crippen LogP contribution < -0.4 is 0 Å². The SMILES string of the molecule is OCC(Cc1ccc(Cl)c(F)c1)c1ccccc1Br. The van der Waals surface area contributed by atoms with Gasteiger partial charge in [-0.1, -0.05) is 51.8 Å². The molecule has 0 heterocycles. The number of hydrogen-bond donors (Lipinski definition) is 1. The molecule has 19 heavy (non-hydrogen) atoms. The topological polar surface area (TPSA) is 20.2 Å². The number of benzene rings is 2. The second-order valence-electron chi connectivity index (χ2n) is 4.35. The minimum absolute atomic E-state index is 0.00680. The predicted octanol–water partition coefficient (Wildman–Crippen LogP) is 4.56. The lowest BCUT2D eigenvalue weighted by Crippen LogP contribution is -2.08. The Kier molecular flexibility index (Phi) is 4.97. The van der Waals surface area contributed by atoms with Gasteiger partial charge in [0.25, 0.3) is 0 Å². The van der Waals surface area contributed by atoms with Crippen molar-refractivity contribution in [2.45, 2.75) is 12.3 Å². The van der Waals surface area contributed by atoms with Crippen LogP contribution in [0.15, 0.2) is 46.9 Å². The van der Waals surface area contributed by atoms with Crippen LogP contribution in [-0.2, 0) is 6.42 Å². The van der Waals surface area contributed by atoms with Crippen molar-refractivity contribution in [2.75, 3.05) is 6.61 Å². The van der Waals surface area contributed by atoms with Crippen LogP contribution in [-0.4, -0.2) is 11.7 Å². The number of rotatable bonds is 4. The molecule has 2 aromatic rings. The van der Waals surface area contributed by atoms with Crippen molar-refractivity contribution in [3.63, 3.8) is 0 Å². The molecule has 0 spiro atoms. The predicted molar refractivity (Wildman–Crippen MR) is 79.1 cm³/mol. The number of hydrogen-bond acceptors (Lipinski definition) is 1. The van der Waals surface area contributed by atoms with Crippen LogP contribution in [0.1, 0.15) is 17.0 Å². The first kappa shape index (κ1) is 14.5. The molecule has 0 radical (unpaired) electrons. The Balaban J connectivity index is 2.24. The summed E-state index contributed by atoms with van der Waals surface area (Å²) < 4.78 is 14.4. The van der Waals surface area contributed by atoms with Gasteiger partial charge in [0, 0.05) is 10.4 Å². The van der Waals surface area contributed by atoms with Crippen LogP contribution in [0, 0.1) is 5.82 Å². The Labute approximate surface area is 125 Å². The van der Waals surface area contributed by atoms with Gasteiger partial charge < -0.3 is 5.11 Å². The summed E-state index contributed by atoms with van der Waals surface area (Å²) in [5.41, 5.74) is 1.83.